The molecule has 0 fully saturated rings. The van der Waals surface area contributed by atoms with Gasteiger partial charge in [0.15, 0.2) is 5.82 Å². The maximum absolute atomic E-state index is 10.2. The van der Waals surface area contributed by atoms with E-state index in [-0.39, 0.29) is 5.75 Å². The molecule has 2 aromatic carbocycles. The monoisotopic (exact) mass is 626 g/mol. The quantitative estimate of drug-likeness (QED) is 0.240. The van der Waals surface area contributed by atoms with Crippen molar-refractivity contribution in [1.82, 2.24) is 14.9 Å². The largest absolute Gasteiger partial charge is 0.506 e. The van der Waals surface area contributed by atoms with E-state index in [0.29, 0.717) is 16.2 Å². The number of H-pyrrole nitrogens is 1. The molecule has 0 unspecified atom stereocenters. The molecule has 2 N–H and O–H groups in total. The van der Waals surface area contributed by atoms with Gasteiger partial charge in [0, 0.05) is 19.2 Å². The van der Waals surface area contributed by atoms with Crippen molar-refractivity contribution in [3.05, 3.63) is 58.3 Å². The first-order chi connectivity index (χ1) is 11.5. The minimum atomic E-state index is 0.192. The Morgan fingerprint density at radius 3 is 2.79 bits per heavy atom. The molecular weight excluding hydrogens is 618 g/mol. The van der Waals surface area contributed by atoms with Crippen LogP contribution < -0.4 is 0 Å². The van der Waals surface area contributed by atoms with Crippen LogP contribution in [-0.4, -0.2) is 26.2 Å². The van der Waals surface area contributed by atoms with E-state index >= 15 is 0 Å². The Balaban J connectivity index is 2.08. The van der Waals surface area contributed by atoms with Crippen LogP contribution in [0.3, 0.4) is 0 Å². The molecule has 3 aromatic rings. The van der Waals surface area contributed by atoms with E-state index in [0.717, 1.165) is 17.2 Å². The van der Waals surface area contributed by atoms with Crippen molar-refractivity contribution in [2.24, 2.45) is 5.10 Å². The van der Waals surface area contributed by atoms with Crippen LogP contribution in [0.25, 0.3) is 11.4 Å². The van der Waals surface area contributed by atoms with Crippen LogP contribution in [0.5, 0.6) is 5.75 Å². The van der Waals surface area contributed by atoms with Gasteiger partial charge in [-0.25, -0.2) is 5.10 Å². The van der Waals surface area contributed by atoms with Gasteiger partial charge in [0.1, 0.15) is 5.75 Å². The van der Waals surface area contributed by atoms with Gasteiger partial charge in [-0.3, -0.25) is 0 Å². The van der Waals surface area contributed by atoms with Crippen LogP contribution in [0.2, 0.25) is 0 Å². The second-order valence-electron chi connectivity index (χ2n) is 4.71. The zero-order valence-electron chi connectivity index (χ0n) is 11.9. The summed E-state index contributed by atoms with van der Waals surface area (Å²) in [7, 11) is 0. The Bertz CT molecular complexity index is 999. The summed E-state index contributed by atoms with van der Waals surface area (Å²) in [4.78, 5) is 0. The Morgan fingerprint density at radius 1 is 1.29 bits per heavy atom. The van der Waals surface area contributed by atoms with E-state index in [1.165, 1.54) is 4.68 Å². The van der Waals surface area contributed by atoms with E-state index in [4.69, 9.17) is 12.2 Å². The average molecular weight is 627 g/mol. The lowest BCUT2D eigenvalue weighted by Crippen LogP contribution is -1.96. The van der Waals surface area contributed by atoms with Gasteiger partial charge in [-0.15, -0.1) is 0 Å². The molecule has 0 amide bonds. The molecule has 5 nitrogen and oxygen atoms in total. The molecule has 0 spiro atoms. The summed E-state index contributed by atoms with van der Waals surface area (Å²) in [5.41, 5.74) is 1.48. The fourth-order valence-corrected chi connectivity index (χ4v) is 4.55. The summed E-state index contributed by atoms with van der Waals surface area (Å²) in [5, 5.41) is 21.6. The molecule has 0 bridgehead atoms. The summed E-state index contributed by atoms with van der Waals surface area (Å²) >= 11 is 13.1. The highest BCUT2D eigenvalue weighted by Crippen LogP contribution is 2.28. The number of halogens is 3. The van der Waals surface area contributed by atoms with Gasteiger partial charge in [-0.05, 0) is 81.7 Å². The molecule has 0 atom stereocenters. The highest BCUT2D eigenvalue weighted by atomic mass is 127. The zero-order valence-corrected chi connectivity index (χ0v) is 18.6. The number of phenols is 1. The van der Waals surface area contributed by atoms with Gasteiger partial charge in [0.05, 0.1) is 9.78 Å². The first kappa shape index (κ1) is 18.0. The number of hydrogen-bond donors (Lipinski definition) is 2. The number of phenolic OH excluding ortho intramolecular Hbond substituents is 1. The van der Waals surface area contributed by atoms with Crippen LogP contribution in [-0.2, 0) is 0 Å². The number of nitrogens with one attached hydrogen (secondary N) is 1. The lowest BCUT2D eigenvalue weighted by atomic mass is 10.2. The van der Waals surface area contributed by atoms with E-state index in [2.05, 4.69) is 76.4 Å². The molecule has 122 valence electrons. The van der Waals surface area contributed by atoms with Crippen LogP contribution >= 0.6 is 73.3 Å². The lowest BCUT2D eigenvalue weighted by molar-refractivity contribution is 0.470. The first-order valence-electron chi connectivity index (χ1n) is 6.62. The Morgan fingerprint density at radius 2 is 2.04 bits per heavy atom. The maximum Gasteiger partial charge on any atom is 0.216 e. The Kier molecular flexibility index (Phi) is 5.72. The summed E-state index contributed by atoms with van der Waals surface area (Å²) in [6.07, 6.45) is 1.57. The van der Waals surface area contributed by atoms with Crippen molar-refractivity contribution in [3.8, 4) is 17.1 Å². The third-order valence-corrected chi connectivity index (χ3v) is 5.54. The van der Waals surface area contributed by atoms with Crippen molar-refractivity contribution in [1.29, 1.82) is 0 Å². The maximum atomic E-state index is 10.2. The predicted octanol–water partition coefficient (Wildman–Crippen LogP) is 5.17. The number of nitrogens with zero attached hydrogens (tertiary/aromatic N) is 3. The third-order valence-electron chi connectivity index (χ3n) is 3.14. The number of aromatic hydroxyl groups is 1. The standard InChI is InChI=1S/C15H9BrI2N4OS/c16-11-4-2-1-3-10(11)14-20-21-15(24)22(14)19-7-8-5-9(17)6-12(18)13(8)23/h1-7,23H,(H,21,24). The van der Waals surface area contributed by atoms with Gasteiger partial charge in [0.25, 0.3) is 0 Å². The number of rotatable bonds is 3. The molecule has 1 heterocycles. The van der Waals surface area contributed by atoms with Crippen molar-refractivity contribution in [3.63, 3.8) is 0 Å². The SMILES string of the molecule is Oc1c(I)cc(I)cc1C=Nn1c(-c2ccccc2Br)n[nH]c1=S. The highest BCUT2D eigenvalue weighted by Gasteiger charge is 2.11. The summed E-state index contributed by atoms with van der Waals surface area (Å²) in [6, 6.07) is 11.4. The molecule has 0 saturated carbocycles. The van der Waals surface area contributed by atoms with Crippen LogP contribution in [0.15, 0.2) is 46.0 Å². The smallest absolute Gasteiger partial charge is 0.216 e. The molecule has 0 aliphatic carbocycles. The van der Waals surface area contributed by atoms with Gasteiger partial charge in [-0.1, -0.05) is 28.1 Å². The van der Waals surface area contributed by atoms with Gasteiger partial charge in [0.2, 0.25) is 4.77 Å². The third kappa shape index (κ3) is 3.73. The number of aromatic amines is 1. The van der Waals surface area contributed by atoms with Crippen molar-refractivity contribution >= 4 is 79.5 Å². The fourth-order valence-electron chi connectivity index (χ4n) is 2.02. The molecule has 1 aromatic heterocycles. The van der Waals surface area contributed by atoms with E-state index in [1.54, 1.807) is 6.21 Å². The Labute approximate surface area is 178 Å². The number of aromatic nitrogens is 3. The van der Waals surface area contributed by atoms with Crippen LogP contribution in [0.1, 0.15) is 5.56 Å². The normalized spacial score (nSPS) is 11.3. The summed E-state index contributed by atoms with van der Waals surface area (Å²) in [6.45, 7) is 0. The second kappa shape index (κ2) is 7.62. The van der Waals surface area contributed by atoms with Gasteiger partial charge < -0.3 is 5.11 Å². The van der Waals surface area contributed by atoms with Crippen molar-refractivity contribution in [2.45, 2.75) is 0 Å². The summed E-state index contributed by atoms with van der Waals surface area (Å²) in [5.74, 6) is 0.778. The van der Waals surface area contributed by atoms with Gasteiger partial charge >= 0.3 is 0 Å². The minimum Gasteiger partial charge on any atom is -0.506 e. The average Bonchev–Trinajstić information content (AvgIpc) is 2.90. The number of benzene rings is 2. The molecule has 9 heteroatoms. The van der Waals surface area contributed by atoms with Crippen molar-refractivity contribution in [2.75, 3.05) is 0 Å². The molecule has 3 rings (SSSR count). The Hall–Kier alpha value is -0.790. The fraction of sp³-hybridized carbons (Fsp3) is 0. The minimum absolute atomic E-state index is 0.192. The van der Waals surface area contributed by atoms with Crippen LogP contribution in [0, 0.1) is 11.9 Å². The first-order valence-corrected chi connectivity index (χ1v) is 9.98. The number of hydrogen-bond acceptors (Lipinski definition) is 4. The van der Waals surface area contributed by atoms with E-state index in [1.807, 2.05) is 36.4 Å². The van der Waals surface area contributed by atoms with Gasteiger partial charge in [-0.2, -0.15) is 14.9 Å². The molecule has 0 radical (unpaired) electrons. The molecule has 24 heavy (non-hydrogen) atoms. The highest BCUT2D eigenvalue weighted by molar-refractivity contribution is 14.1. The molecule has 0 saturated heterocycles. The molecular formula is C15H9BrI2N4OS. The second-order valence-corrected chi connectivity index (χ2v) is 8.36. The zero-order chi connectivity index (χ0) is 17.3. The molecule has 0 aliphatic heterocycles. The van der Waals surface area contributed by atoms with E-state index < -0.39 is 0 Å². The molecule has 0 aliphatic rings. The lowest BCUT2D eigenvalue weighted by Gasteiger charge is -2.05. The predicted molar refractivity (Wildman–Crippen MR) is 117 cm³/mol. The van der Waals surface area contributed by atoms with Crippen LogP contribution in [0.4, 0.5) is 0 Å². The topological polar surface area (TPSA) is 66.2 Å². The van der Waals surface area contributed by atoms with Crippen molar-refractivity contribution < 1.29 is 5.11 Å². The van der Waals surface area contributed by atoms with E-state index in [9.17, 15) is 5.11 Å². The summed E-state index contributed by atoms with van der Waals surface area (Å²) < 4.78 is 4.57.